The first-order chi connectivity index (χ1) is 10.1. The summed E-state index contributed by atoms with van der Waals surface area (Å²) in [6.07, 6.45) is 2.11. The van der Waals surface area contributed by atoms with Crippen molar-refractivity contribution in [1.82, 2.24) is 15.1 Å². The number of halogens is 1. The summed E-state index contributed by atoms with van der Waals surface area (Å²) in [6.45, 7) is 10.3. The van der Waals surface area contributed by atoms with Gasteiger partial charge in [-0.25, -0.2) is 4.68 Å². The van der Waals surface area contributed by atoms with E-state index in [-0.39, 0.29) is 0 Å². The number of benzene rings is 1. The molecule has 0 amide bonds. The van der Waals surface area contributed by atoms with Gasteiger partial charge in [0.15, 0.2) is 0 Å². The lowest BCUT2D eigenvalue weighted by atomic mass is 10.1. The number of nitrogens with one attached hydrogen (secondary N) is 1. The van der Waals surface area contributed by atoms with Crippen LogP contribution in [0, 0.1) is 13.8 Å². The van der Waals surface area contributed by atoms with E-state index in [9.17, 15) is 0 Å². The molecule has 0 spiro atoms. The van der Waals surface area contributed by atoms with Crippen LogP contribution in [0.4, 0.5) is 0 Å². The van der Waals surface area contributed by atoms with Crippen LogP contribution in [0.1, 0.15) is 42.8 Å². The third-order valence-electron chi connectivity index (χ3n) is 3.85. The molecule has 0 aliphatic rings. The lowest BCUT2D eigenvalue weighted by Gasteiger charge is -2.14. The Kier molecular flexibility index (Phi) is 5.43. The number of aromatic nitrogens is 2. The highest BCUT2D eigenvalue weighted by atomic mass is 35.5. The average molecular weight is 306 g/mol. The zero-order chi connectivity index (χ0) is 15.4. The second-order valence-electron chi connectivity index (χ2n) is 5.33. The fourth-order valence-electron chi connectivity index (χ4n) is 2.73. The van der Waals surface area contributed by atoms with Crippen LogP contribution in [0.3, 0.4) is 0 Å². The van der Waals surface area contributed by atoms with Gasteiger partial charge in [0.1, 0.15) is 0 Å². The second kappa shape index (κ2) is 7.10. The first-order valence-corrected chi connectivity index (χ1v) is 8.01. The molecule has 114 valence electrons. The van der Waals surface area contributed by atoms with Crippen molar-refractivity contribution in [2.75, 3.05) is 6.54 Å². The zero-order valence-electron chi connectivity index (χ0n) is 13.3. The molecule has 0 saturated heterocycles. The van der Waals surface area contributed by atoms with Crippen molar-refractivity contribution in [3.63, 3.8) is 0 Å². The Bertz CT molecular complexity index is 617. The van der Waals surface area contributed by atoms with Gasteiger partial charge in [0, 0.05) is 22.8 Å². The molecule has 21 heavy (non-hydrogen) atoms. The van der Waals surface area contributed by atoms with E-state index in [2.05, 4.69) is 39.1 Å². The van der Waals surface area contributed by atoms with Crippen molar-refractivity contribution in [1.29, 1.82) is 0 Å². The smallest absolute Gasteiger partial charge is 0.0708 e. The van der Waals surface area contributed by atoms with Crippen LogP contribution in [0.5, 0.6) is 0 Å². The van der Waals surface area contributed by atoms with Crippen LogP contribution in [0.15, 0.2) is 18.2 Å². The molecule has 0 aliphatic heterocycles. The Morgan fingerprint density at radius 1 is 1.19 bits per heavy atom. The summed E-state index contributed by atoms with van der Waals surface area (Å²) in [7, 11) is 0. The van der Waals surface area contributed by atoms with Gasteiger partial charge in [0.25, 0.3) is 0 Å². The third-order valence-corrected chi connectivity index (χ3v) is 4.20. The average Bonchev–Trinajstić information content (AvgIpc) is 2.75. The predicted molar refractivity (Wildman–Crippen MR) is 89.4 cm³/mol. The van der Waals surface area contributed by atoms with E-state index in [1.165, 1.54) is 11.3 Å². The van der Waals surface area contributed by atoms with Crippen molar-refractivity contribution >= 4 is 11.6 Å². The van der Waals surface area contributed by atoms with Crippen molar-refractivity contribution in [2.45, 2.75) is 47.1 Å². The fourth-order valence-corrected chi connectivity index (χ4v) is 2.97. The number of nitrogens with zero attached hydrogens (tertiary/aromatic N) is 2. The minimum absolute atomic E-state index is 0.767. The normalized spacial score (nSPS) is 11.1. The highest BCUT2D eigenvalue weighted by Gasteiger charge is 2.15. The summed E-state index contributed by atoms with van der Waals surface area (Å²) < 4.78 is 2.03. The van der Waals surface area contributed by atoms with Crippen molar-refractivity contribution in [2.24, 2.45) is 0 Å². The molecule has 2 aromatic rings. The van der Waals surface area contributed by atoms with Crippen LogP contribution in [-0.4, -0.2) is 16.3 Å². The van der Waals surface area contributed by atoms with Crippen LogP contribution in [0.25, 0.3) is 5.69 Å². The Balaban J connectivity index is 2.46. The summed E-state index contributed by atoms with van der Waals surface area (Å²) in [6, 6.07) is 6.03. The van der Waals surface area contributed by atoms with E-state index in [1.54, 1.807) is 0 Å². The lowest BCUT2D eigenvalue weighted by molar-refractivity contribution is 0.669. The fraction of sp³-hybridized carbons (Fsp3) is 0.471. The van der Waals surface area contributed by atoms with Gasteiger partial charge in [-0.3, -0.25) is 0 Å². The largest absolute Gasteiger partial charge is 0.313 e. The zero-order valence-corrected chi connectivity index (χ0v) is 14.1. The van der Waals surface area contributed by atoms with Crippen LogP contribution in [0.2, 0.25) is 5.02 Å². The molecule has 4 heteroatoms. The maximum Gasteiger partial charge on any atom is 0.0708 e. The van der Waals surface area contributed by atoms with E-state index in [0.717, 1.165) is 47.9 Å². The highest BCUT2D eigenvalue weighted by Crippen LogP contribution is 2.26. The summed E-state index contributed by atoms with van der Waals surface area (Å²) in [5.41, 5.74) is 5.81. The van der Waals surface area contributed by atoms with Gasteiger partial charge < -0.3 is 5.32 Å². The van der Waals surface area contributed by atoms with Crippen LogP contribution < -0.4 is 5.32 Å². The van der Waals surface area contributed by atoms with Gasteiger partial charge in [0.2, 0.25) is 0 Å². The van der Waals surface area contributed by atoms with Crippen LogP contribution >= 0.6 is 11.6 Å². The second-order valence-corrected chi connectivity index (χ2v) is 5.74. The Hall–Kier alpha value is -1.32. The molecule has 1 heterocycles. The molecule has 0 radical (unpaired) electrons. The first-order valence-electron chi connectivity index (χ1n) is 7.63. The minimum atomic E-state index is 0.767. The SMILES string of the molecule is CCCNCc1c(Cl)cccc1-n1nc(C)c(CC)c1C. The van der Waals surface area contributed by atoms with Crippen LogP contribution in [-0.2, 0) is 13.0 Å². The Morgan fingerprint density at radius 3 is 2.57 bits per heavy atom. The molecule has 2 rings (SSSR count). The third kappa shape index (κ3) is 3.30. The molecule has 1 aromatic heterocycles. The molecule has 0 bridgehead atoms. The molecule has 0 atom stereocenters. The number of rotatable bonds is 6. The first kappa shape index (κ1) is 16.1. The van der Waals surface area contributed by atoms with E-state index >= 15 is 0 Å². The van der Waals surface area contributed by atoms with Gasteiger partial charge >= 0.3 is 0 Å². The minimum Gasteiger partial charge on any atom is -0.313 e. The van der Waals surface area contributed by atoms with Gasteiger partial charge in [-0.2, -0.15) is 5.10 Å². The van der Waals surface area contributed by atoms with E-state index in [0.29, 0.717) is 0 Å². The molecule has 1 aromatic carbocycles. The summed E-state index contributed by atoms with van der Waals surface area (Å²) >= 11 is 6.41. The molecule has 1 N–H and O–H groups in total. The maximum atomic E-state index is 6.41. The molecule has 3 nitrogen and oxygen atoms in total. The van der Waals surface area contributed by atoms with Gasteiger partial charge in [-0.05, 0) is 50.9 Å². The van der Waals surface area contributed by atoms with E-state index in [4.69, 9.17) is 16.7 Å². The molecule has 0 saturated carbocycles. The molecule has 0 fully saturated rings. The molecular formula is C17H24ClN3. The van der Waals surface area contributed by atoms with E-state index in [1.807, 2.05) is 16.8 Å². The maximum absolute atomic E-state index is 6.41. The van der Waals surface area contributed by atoms with E-state index < -0.39 is 0 Å². The standard InChI is InChI=1S/C17H24ClN3/c1-5-10-19-11-15-16(18)8-7-9-17(15)21-13(4)14(6-2)12(3)20-21/h7-9,19H,5-6,10-11H2,1-4H3. The van der Waals surface area contributed by atoms with Gasteiger partial charge in [-0.15, -0.1) is 0 Å². The Morgan fingerprint density at radius 2 is 1.95 bits per heavy atom. The highest BCUT2D eigenvalue weighted by molar-refractivity contribution is 6.31. The molecule has 0 aliphatic carbocycles. The summed E-state index contributed by atoms with van der Waals surface area (Å²) in [5.74, 6) is 0. The van der Waals surface area contributed by atoms with Gasteiger partial charge in [-0.1, -0.05) is 31.5 Å². The van der Waals surface area contributed by atoms with Gasteiger partial charge in [0.05, 0.1) is 11.4 Å². The predicted octanol–water partition coefficient (Wildman–Crippen LogP) is 4.20. The molecular weight excluding hydrogens is 282 g/mol. The lowest BCUT2D eigenvalue weighted by Crippen LogP contribution is -2.16. The number of hydrogen-bond acceptors (Lipinski definition) is 2. The summed E-state index contributed by atoms with van der Waals surface area (Å²) in [4.78, 5) is 0. The molecule has 0 unspecified atom stereocenters. The topological polar surface area (TPSA) is 29.9 Å². The monoisotopic (exact) mass is 305 g/mol. The quantitative estimate of drug-likeness (QED) is 0.810. The van der Waals surface area contributed by atoms with Crippen molar-refractivity contribution < 1.29 is 0 Å². The number of hydrogen-bond donors (Lipinski definition) is 1. The summed E-state index contributed by atoms with van der Waals surface area (Å²) in [5, 5.41) is 8.94. The number of aryl methyl sites for hydroxylation is 1. The Labute approximate surface area is 132 Å². The van der Waals surface area contributed by atoms with Crippen molar-refractivity contribution in [3.05, 3.63) is 45.7 Å². The van der Waals surface area contributed by atoms with Crippen molar-refractivity contribution in [3.8, 4) is 5.69 Å².